The number of hydrogen-bond acceptors (Lipinski definition) is 2. The van der Waals surface area contributed by atoms with Crippen LogP contribution in [0.5, 0.6) is 0 Å². The van der Waals surface area contributed by atoms with E-state index in [9.17, 15) is 0 Å². The minimum absolute atomic E-state index is 0.246. The number of nitrogens with one attached hydrogen (secondary N) is 1. The molecule has 17 heavy (non-hydrogen) atoms. The van der Waals surface area contributed by atoms with Gasteiger partial charge in [-0.15, -0.1) is 0 Å². The topological polar surface area (TPSA) is 21.3 Å². The molecule has 1 saturated heterocycles. The van der Waals surface area contributed by atoms with Crippen LogP contribution in [-0.2, 0) is 4.74 Å². The molecule has 0 aromatic rings. The van der Waals surface area contributed by atoms with Crippen molar-refractivity contribution in [3.63, 3.8) is 0 Å². The van der Waals surface area contributed by atoms with Crippen molar-refractivity contribution in [2.75, 3.05) is 13.2 Å². The van der Waals surface area contributed by atoms with Gasteiger partial charge in [-0.1, -0.05) is 13.3 Å². The number of rotatable bonds is 7. The molecule has 0 saturated carbocycles. The van der Waals surface area contributed by atoms with Crippen LogP contribution in [0.4, 0.5) is 0 Å². The van der Waals surface area contributed by atoms with Gasteiger partial charge in [0.15, 0.2) is 0 Å². The molecule has 1 fully saturated rings. The molecule has 102 valence electrons. The minimum atomic E-state index is 0.246. The Morgan fingerprint density at radius 1 is 1.29 bits per heavy atom. The molecule has 0 spiro atoms. The van der Waals surface area contributed by atoms with E-state index < -0.39 is 0 Å². The molecule has 0 aromatic heterocycles. The van der Waals surface area contributed by atoms with Gasteiger partial charge >= 0.3 is 0 Å². The molecule has 1 aliphatic rings. The Morgan fingerprint density at radius 2 is 2.06 bits per heavy atom. The smallest absolute Gasteiger partial charge is 0.0576 e. The first-order chi connectivity index (χ1) is 8.01. The van der Waals surface area contributed by atoms with E-state index in [0.717, 1.165) is 19.1 Å². The molecule has 1 rings (SSSR count). The summed E-state index contributed by atoms with van der Waals surface area (Å²) in [4.78, 5) is 0. The van der Waals surface area contributed by atoms with Crippen LogP contribution >= 0.6 is 0 Å². The molecule has 0 radical (unpaired) electrons. The summed E-state index contributed by atoms with van der Waals surface area (Å²) >= 11 is 0. The zero-order valence-corrected chi connectivity index (χ0v) is 12.2. The minimum Gasteiger partial charge on any atom is -0.378 e. The van der Waals surface area contributed by atoms with Crippen LogP contribution in [-0.4, -0.2) is 24.8 Å². The quantitative estimate of drug-likeness (QED) is 0.733. The first kappa shape index (κ1) is 15.0. The first-order valence-electron chi connectivity index (χ1n) is 7.38. The van der Waals surface area contributed by atoms with Crippen molar-refractivity contribution in [1.82, 2.24) is 5.32 Å². The third-order valence-electron chi connectivity index (χ3n) is 3.54. The van der Waals surface area contributed by atoms with Gasteiger partial charge in [0.05, 0.1) is 6.10 Å². The summed E-state index contributed by atoms with van der Waals surface area (Å²) in [7, 11) is 0. The van der Waals surface area contributed by atoms with Crippen molar-refractivity contribution < 1.29 is 4.74 Å². The fraction of sp³-hybridized carbons (Fsp3) is 1.00. The average molecular weight is 241 g/mol. The SMILES string of the molecule is CCCC(CCC1CCCO1)CNC(C)(C)C. The maximum atomic E-state index is 5.71. The van der Waals surface area contributed by atoms with Gasteiger partial charge in [-0.05, 0) is 65.3 Å². The molecule has 0 aromatic carbocycles. The van der Waals surface area contributed by atoms with Crippen LogP contribution in [0.1, 0.15) is 66.2 Å². The van der Waals surface area contributed by atoms with E-state index in [1.165, 1.54) is 38.5 Å². The molecule has 1 aliphatic heterocycles. The highest BCUT2D eigenvalue weighted by Gasteiger charge is 2.19. The van der Waals surface area contributed by atoms with Gasteiger partial charge in [0.25, 0.3) is 0 Å². The largest absolute Gasteiger partial charge is 0.378 e. The number of hydrogen-bond donors (Lipinski definition) is 1. The van der Waals surface area contributed by atoms with E-state index in [0.29, 0.717) is 6.10 Å². The first-order valence-corrected chi connectivity index (χ1v) is 7.38. The van der Waals surface area contributed by atoms with E-state index in [1.807, 2.05) is 0 Å². The van der Waals surface area contributed by atoms with Crippen LogP contribution in [0.2, 0.25) is 0 Å². The van der Waals surface area contributed by atoms with Gasteiger partial charge in [-0.25, -0.2) is 0 Å². The normalized spacial score (nSPS) is 22.9. The van der Waals surface area contributed by atoms with Crippen LogP contribution < -0.4 is 5.32 Å². The molecule has 2 nitrogen and oxygen atoms in total. The third-order valence-corrected chi connectivity index (χ3v) is 3.54. The van der Waals surface area contributed by atoms with Gasteiger partial charge in [0.1, 0.15) is 0 Å². The Kier molecular flexibility index (Phi) is 6.50. The Bertz CT molecular complexity index is 192. The zero-order chi connectivity index (χ0) is 12.7. The summed E-state index contributed by atoms with van der Waals surface area (Å²) in [6.45, 7) is 11.2. The summed E-state index contributed by atoms with van der Waals surface area (Å²) in [5.74, 6) is 0.823. The van der Waals surface area contributed by atoms with Gasteiger partial charge in [0.2, 0.25) is 0 Å². The lowest BCUT2D eigenvalue weighted by Crippen LogP contribution is -2.39. The van der Waals surface area contributed by atoms with E-state index in [2.05, 4.69) is 33.0 Å². The summed E-state index contributed by atoms with van der Waals surface area (Å²) in [6, 6.07) is 0. The second-order valence-electron chi connectivity index (χ2n) is 6.50. The second kappa shape index (κ2) is 7.38. The fourth-order valence-electron chi connectivity index (χ4n) is 2.50. The summed E-state index contributed by atoms with van der Waals surface area (Å²) in [5, 5.41) is 3.64. The van der Waals surface area contributed by atoms with Gasteiger partial charge in [0, 0.05) is 12.1 Å². The van der Waals surface area contributed by atoms with Crippen molar-refractivity contribution in [3.05, 3.63) is 0 Å². The zero-order valence-electron chi connectivity index (χ0n) is 12.2. The molecule has 0 aliphatic carbocycles. The molecule has 0 amide bonds. The van der Waals surface area contributed by atoms with Crippen LogP contribution in [0.3, 0.4) is 0 Å². The molecule has 2 unspecified atom stereocenters. The maximum Gasteiger partial charge on any atom is 0.0576 e. The van der Waals surface area contributed by atoms with Crippen molar-refractivity contribution in [2.24, 2.45) is 5.92 Å². The molecular formula is C15H31NO. The van der Waals surface area contributed by atoms with Crippen LogP contribution in [0.25, 0.3) is 0 Å². The lowest BCUT2D eigenvalue weighted by molar-refractivity contribution is 0.0971. The highest BCUT2D eigenvalue weighted by Crippen LogP contribution is 2.22. The standard InChI is InChI=1S/C15H31NO/c1-5-7-13(12-16-15(2,3)4)9-10-14-8-6-11-17-14/h13-14,16H,5-12H2,1-4H3. The van der Waals surface area contributed by atoms with E-state index in [-0.39, 0.29) is 5.54 Å². The molecule has 1 N–H and O–H groups in total. The molecular weight excluding hydrogens is 210 g/mol. The van der Waals surface area contributed by atoms with Gasteiger partial charge in [-0.2, -0.15) is 0 Å². The van der Waals surface area contributed by atoms with Crippen molar-refractivity contribution in [1.29, 1.82) is 0 Å². The van der Waals surface area contributed by atoms with Crippen molar-refractivity contribution in [2.45, 2.75) is 77.9 Å². The highest BCUT2D eigenvalue weighted by molar-refractivity contribution is 4.75. The maximum absolute atomic E-state index is 5.71. The molecule has 1 heterocycles. The van der Waals surface area contributed by atoms with E-state index in [1.54, 1.807) is 0 Å². The average Bonchev–Trinajstić information content (AvgIpc) is 2.74. The van der Waals surface area contributed by atoms with Gasteiger partial charge < -0.3 is 10.1 Å². The number of ether oxygens (including phenoxy) is 1. The lowest BCUT2D eigenvalue weighted by Gasteiger charge is -2.25. The Balaban J connectivity index is 2.21. The molecule has 2 heteroatoms. The fourth-order valence-corrected chi connectivity index (χ4v) is 2.50. The van der Waals surface area contributed by atoms with Crippen molar-refractivity contribution >= 4 is 0 Å². The lowest BCUT2D eigenvalue weighted by atomic mass is 9.94. The van der Waals surface area contributed by atoms with E-state index in [4.69, 9.17) is 4.74 Å². The summed E-state index contributed by atoms with van der Waals surface area (Å²) in [5.41, 5.74) is 0.246. The highest BCUT2D eigenvalue weighted by atomic mass is 16.5. The molecule has 2 atom stereocenters. The second-order valence-corrected chi connectivity index (χ2v) is 6.50. The predicted molar refractivity (Wildman–Crippen MR) is 74.4 cm³/mol. The Labute approximate surface area is 108 Å². The third kappa shape index (κ3) is 7.05. The Hall–Kier alpha value is -0.0800. The predicted octanol–water partition coefficient (Wildman–Crippen LogP) is 3.75. The van der Waals surface area contributed by atoms with Gasteiger partial charge in [-0.3, -0.25) is 0 Å². The summed E-state index contributed by atoms with van der Waals surface area (Å²) < 4.78 is 5.71. The Morgan fingerprint density at radius 3 is 2.59 bits per heavy atom. The summed E-state index contributed by atoms with van der Waals surface area (Å²) in [6.07, 6.45) is 8.33. The van der Waals surface area contributed by atoms with Crippen LogP contribution in [0, 0.1) is 5.92 Å². The van der Waals surface area contributed by atoms with Crippen LogP contribution in [0.15, 0.2) is 0 Å². The van der Waals surface area contributed by atoms with E-state index >= 15 is 0 Å². The van der Waals surface area contributed by atoms with Crippen molar-refractivity contribution in [3.8, 4) is 0 Å². The molecule has 0 bridgehead atoms. The monoisotopic (exact) mass is 241 g/mol.